The number of anilines is 1. The Morgan fingerprint density at radius 3 is 2.38 bits per heavy atom. The second-order valence-electron chi connectivity index (χ2n) is 12.1. The molecule has 0 bridgehead atoms. The molecule has 0 saturated carbocycles. The summed E-state index contributed by atoms with van der Waals surface area (Å²) in [6.07, 6.45) is 3.47. The van der Waals surface area contributed by atoms with Crippen molar-refractivity contribution in [2.45, 2.75) is 43.1 Å². The number of benzene rings is 3. The number of nitro benzene ring substituents is 1. The van der Waals surface area contributed by atoms with Crippen LogP contribution in [0.2, 0.25) is 10.0 Å². The van der Waals surface area contributed by atoms with Crippen LogP contribution in [0.5, 0.6) is 5.75 Å². The highest BCUT2D eigenvalue weighted by atomic mass is 35.5. The van der Waals surface area contributed by atoms with Crippen LogP contribution in [0.4, 0.5) is 16.2 Å². The molecule has 3 aromatic rings. The minimum atomic E-state index is -0.519. The molecule has 1 N–H and O–H groups in total. The Labute approximate surface area is 272 Å². The number of carbonyl (C=O) groups excluding carboxylic acids is 2. The third-order valence-electron chi connectivity index (χ3n) is 9.61. The summed E-state index contributed by atoms with van der Waals surface area (Å²) in [5, 5.41) is 15.0. The van der Waals surface area contributed by atoms with E-state index in [9.17, 15) is 19.7 Å². The van der Waals surface area contributed by atoms with Gasteiger partial charge in [0.15, 0.2) is 0 Å². The Balaban J connectivity index is 1.10. The van der Waals surface area contributed by atoms with E-state index in [1.807, 2.05) is 30.3 Å². The van der Waals surface area contributed by atoms with Crippen LogP contribution in [0.3, 0.4) is 0 Å². The summed E-state index contributed by atoms with van der Waals surface area (Å²) in [5.74, 6) is 0.360. The zero-order chi connectivity index (χ0) is 31.6. The second kappa shape index (κ2) is 12.9. The van der Waals surface area contributed by atoms with Crippen molar-refractivity contribution in [3.8, 4) is 5.75 Å². The minimum absolute atomic E-state index is 0.0708. The second-order valence-corrected chi connectivity index (χ2v) is 12.9. The molecule has 45 heavy (non-hydrogen) atoms. The lowest BCUT2D eigenvalue weighted by Crippen LogP contribution is -2.56. The maximum Gasteiger partial charge on any atom is 0.415 e. The Morgan fingerprint density at radius 2 is 1.69 bits per heavy atom. The van der Waals surface area contributed by atoms with Gasteiger partial charge in [-0.3, -0.25) is 14.9 Å². The number of rotatable bonds is 8. The number of nitro groups is 1. The van der Waals surface area contributed by atoms with Gasteiger partial charge in [-0.15, -0.1) is 0 Å². The maximum absolute atomic E-state index is 13.2. The summed E-state index contributed by atoms with van der Waals surface area (Å²) in [6.45, 7) is 4.00. The molecule has 3 aliphatic heterocycles. The molecule has 1 atom stereocenters. The van der Waals surface area contributed by atoms with E-state index in [4.69, 9.17) is 27.9 Å². The van der Waals surface area contributed by atoms with Crippen molar-refractivity contribution in [3.05, 3.63) is 98.5 Å². The molecule has 12 heteroatoms. The smallest absolute Gasteiger partial charge is 0.410 e. The Bertz CT molecular complexity index is 1570. The molecule has 3 fully saturated rings. The van der Waals surface area contributed by atoms with Gasteiger partial charge in [0, 0.05) is 49.4 Å². The van der Waals surface area contributed by atoms with Gasteiger partial charge < -0.3 is 24.8 Å². The van der Waals surface area contributed by atoms with Crippen LogP contribution in [0.1, 0.15) is 37.7 Å². The zero-order valence-corrected chi connectivity index (χ0v) is 26.3. The summed E-state index contributed by atoms with van der Waals surface area (Å²) >= 11 is 12.7. The van der Waals surface area contributed by atoms with Crippen LogP contribution in [0.15, 0.2) is 72.8 Å². The number of amides is 2. The first kappa shape index (κ1) is 31.1. The van der Waals surface area contributed by atoms with E-state index in [0.717, 1.165) is 63.0 Å². The highest BCUT2D eigenvalue weighted by Crippen LogP contribution is 2.42. The summed E-state index contributed by atoms with van der Waals surface area (Å²) in [4.78, 5) is 43.0. The van der Waals surface area contributed by atoms with Crippen molar-refractivity contribution < 1.29 is 19.2 Å². The molecule has 1 spiro atoms. The van der Waals surface area contributed by atoms with Gasteiger partial charge in [0.05, 0.1) is 21.6 Å². The third kappa shape index (κ3) is 6.32. The van der Waals surface area contributed by atoms with E-state index >= 15 is 0 Å². The van der Waals surface area contributed by atoms with Crippen molar-refractivity contribution in [1.82, 2.24) is 15.1 Å². The fraction of sp³-hybridized carbons (Fsp3) is 0.394. The molecular weight excluding hydrogens is 617 g/mol. The zero-order valence-electron chi connectivity index (χ0n) is 24.8. The number of nitrogens with zero attached hydrogens (tertiary/aromatic N) is 4. The van der Waals surface area contributed by atoms with Gasteiger partial charge in [0.25, 0.3) is 5.69 Å². The van der Waals surface area contributed by atoms with Crippen molar-refractivity contribution >= 4 is 46.6 Å². The summed E-state index contributed by atoms with van der Waals surface area (Å²) in [6, 6.07) is 21.3. The average Bonchev–Trinajstić information content (AvgIpc) is 3.62. The van der Waals surface area contributed by atoms with Gasteiger partial charge in [-0.25, -0.2) is 4.79 Å². The van der Waals surface area contributed by atoms with Gasteiger partial charge in [0.2, 0.25) is 5.91 Å². The molecule has 3 saturated heterocycles. The van der Waals surface area contributed by atoms with Gasteiger partial charge in [0.1, 0.15) is 11.3 Å². The lowest BCUT2D eigenvalue weighted by molar-refractivity contribution is -0.384. The van der Waals surface area contributed by atoms with Gasteiger partial charge in [-0.1, -0.05) is 47.5 Å². The highest BCUT2D eigenvalue weighted by Gasteiger charge is 2.50. The molecule has 236 valence electrons. The number of hydrogen-bond donors (Lipinski definition) is 1. The normalized spacial score (nSPS) is 21.2. The number of non-ortho nitro benzene ring substituents is 1. The first-order chi connectivity index (χ1) is 21.7. The van der Waals surface area contributed by atoms with Crippen LogP contribution < -0.4 is 15.0 Å². The van der Waals surface area contributed by atoms with Crippen molar-refractivity contribution in [2.24, 2.45) is 0 Å². The van der Waals surface area contributed by atoms with Crippen LogP contribution in [-0.2, 0) is 10.2 Å². The van der Waals surface area contributed by atoms with Crippen LogP contribution >= 0.6 is 23.2 Å². The fourth-order valence-corrected chi connectivity index (χ4v) is 7.36. The van der Waals surface area contributed by atoms with E-state index in [-0.39, 0.29) is 22.8 Å². The lowest BCUT2D eigenvalue weighted by Gasteiger charge is -2.43. The van der Waals surface area contributed by atoms with Gasteiger partial charge in [-0.05, 0) is 80.6 Å². The molecule has 1 unspecified atom stereocenters. The predicted octanol–water partition coefficient (Wildman–Crippen LogP) is 6.25. The topological polar surface area (TPSA) is 108 Å². The van der Waals surface area contributed by atoms with Crippen molar-refractivity contribution in [3.63, 3.8) is 0 Å². The molecule has 3 aliphatic rings. The number of nitrogens with one attached hydrogen (secondary N) is 1. The fourth-order valence-electron chi connectivity index (χ4n) is 7.06. The van der Waals surface area contributed by atoms with E-state index in [1.54, 1.807) is 11.0 Å². The average molecular weight is 653 g/mol. The number of ether oxygens (including phenoxy) is 1. The summed E-state index contributed by atoms with van der Waals surface area (Å²) in [5.41, 5.74) is 1.16. The van der Waals surface area contributed by atoms with Crippen molar-refractivity contribution in [2.75, 3.05) is 44.3 Å². The van der Waals surface area contributed by atoms with E-state index in [1.165, 1.54) is 24.3 Å². The minimum Gasteiger partial charge on any atom is -0.410 e. The Kier molecular flexibility index (Phi) is 8.90. The monoisotopic (exact) mass is 651 g/mol. The first-order valence-electron chi connectivity index (χ1n) is 15.2. The number of para-hydroxylation sites is 1. The number of hydrogen-bond acceptors (Lipinski definition) is 7. The molecule has 0 aliphatic carbocycles. The maximum atomic E-state index is 13.2. The van der Waals surface area contributed by atoms with Gasteiger partial charge >= 0.3 is 6.09 Å². The van der Waals surface area contributed by atoms with Crippen LogP contribution in [0, 0.1) is 10.1 Å². The molecule has 2 amide bonds. The van der Waals surface area contributed by atoms with E-state index in [0.29, 0.717) is 29.8 Å². The number of likely N-dealkylation sites (tertiary alicyclic amines) is 2. The summed E-state index contributed by atoms with van der Waals surface area (Å²) in [7, 11) is 0. The highest BCUT2D eigenvalue weighted by molar-refractivity contribution is 6.42. The standard InChI is InChI=1S/C33H35Cl2N5O5/c34-28-12-7-24(21-29(28)35)32(14-20-38(22-32)31(42)45-27-10-8-26(9-11-27)40(43)44)13-4-17-37-18-15-33(16-19-37)30(41)36-23-39(33)25-5-2-1-3-6-25/h1-3,5-12,21H,4,13-20,22-23H2,(H,36,41). The molecule has 10 nitrogen and oxygen atoms in total. The van der Waals surface area contributed by atoms with E-state index in [2.05, 4.69) is 27.2 Å². The Morgan fingerprint density at radius 1 is 0.956 bits per heavy atom. The molecular formula is C33H35Cl2N5O5. The molecule has 3 heterocycles. The van der Waals surface area contributed by atoms with Crippen LogP contribution in [-0.4, -0.2) is 71.7 Å². The Hall–Kier alpha value is -3.86. The summed E-state index contributed by atoms with van der Waals surface area (Å²) < 4.78 is 5.57. The van der Waals surface area contributed by atoms with Gasteiger partial charge in [-0.2, -0.15) is 0 Å². The third-order valence-corrected chi connectivity index (χ3v) is 10.4. The quantitative estimate of drug-likeness (QED) is 0.226. The molecule has 6 rings (SSSR count). The van der Waals surface area contributed by atoms with Crippen molar-refractivity contribution in [1.29, 1.82) is 0 Å². The predicted molar refractivity (Wildman–Crippen MR) is 173 cm³/mol. The number of piperidine rings is 1. The molecule has 0 aromatic heterocycles. The SMILES string of the molecule is O=C(Oc1ccc([N+](=O)[O-])cc1)N1CCC(CCCN2CCC3(CC2)C(=O)NCN3c2ccccc2)(c2ccc(Cl)c(Cl)c2)C1. The lowest BCUT2D eigenvalue weighted by atomic mass is 9.76. The molecule has 3 aromatic carbocycles. The largest absolute Gasteiger partial charge is 0.415 e. The number of halogens is 2. The number of carbonyl (C=O) groups is 2. The van der Waals surface area contributed by atoms with E-state index < -0.39 is 16.6 Å². The first-order valence-corrected chi connectivity index (χ1v) is 15.9. The van der Waals surface area contributed by atoms with Crippen LogP contribution in [0.25, 0.3) is 0 Å². The molecule has 0 radical (unpaired) electrons.